The topological polar surface area (TPSA) is 40.5 Å². The Morgan fingerprint density at radius 1 is 1.89 bits per heavy atom. The quantitative estimate of drug-likeness (QED) is 0.516. The lowest BCUT2D eigenvalue weighted by Gasteiger charge is -2.06. The summed E-state index contributed by atoms with van der Waals surface area (Å²) in [5.41, 5.74) is 0. The van der Waals surface area contributed by atoms with Crippen LogP contribution in [0.25, 0.3) is 0 Å². The Labute approximate surface area is 54.3 Å². The monoisotopic (exact) mass is 129 g/mol. The van der Waals surface area contributed by atoms with E-state index >= 15 is 0 Å². The van der Waals surface area contributed by atoms with Crippen molar-refractivity contribution >= 4 is 5.91 Å². The lowest BCUT2D eigenvalue weighted by atomic mass is 10.1. The van der Waals surface area contributed by atoms with Gasteiger partial charge in [0.05, 0.1) is 12.5 Å². The van der Waals surface area contributed by atoms with E-state index in [2.05, 4.69) is 0 Å². The van der Waals surface area contributed by atoms with E-state index in [-0.39, 0.29) is 18.4 Å². The van der Waals surface area contributed by atoms with Crippen LogP contribution in [-0.4, -0.2) is 36.1 Å². The van der Waals surface area contributed by atoms with Crippen molar-refractivity contribution in [2.24, 2.45) is 5.92 Å². The van der Waals surface area contributed by atoms with Crippen molar-refractivity contribution in [3.63, 3.8) is 0 Å². The van der Waals surface area contributed by atoms with E-state index in [4.69, 9.17) is 5.11 Å². The van der Waals surface area contributed by atoms with Crippen LogP contribution in [0.15, 0.2) is 0 Å². The first kappa shape index (κ1) is 6.55. The number of hydrogen-bond donors (Lipinski definition) is 1. The summed E-state index contributed by atoms with van der Waals surface area (Å²) in [6, 6.07) is 0. The van der Waals surface area contributed by atoms with Gasteiger partial charge in [-0.3, -0.25) is 4.79 Å². The lowest BCUT2D eigenvalue weighted by Crippen LogP contribution is -2.23. The first-order valence-electron chi connectivity index (χ1n) is 3.11. The first-order valence-corrected chi connectivity index (χ1v) is 3.11. The van der Waals surface area contributed by atoms with Crippen molar-refractivity contribution in [3.05, 3.63) is 0 Å². The fourth-order valence-electron chi connectivity index (χ4n) is 1.06. The van der Waals surface area contributed by atoms with E-state index in [9.17, 15) is 4.79 Å². The number of nitrogens with zero attached hydrogens (tertiary/aromatic N) is 1. The van der Waals surface area contributed by atoms with Gasteiger partial charge in [0.2, 0.25) is 5.91 Å². The summed E-state index contributed by atoms with van der Waals surface area (Å²) >= 11 is 0. The Morgan fingerprint density at radius 3 is 2.78 bits per heavy atom. The molecule has 9 heavy (non-hydrogen) atoms. The number of likely N-dealkylation sites (tertiary alicyclic amines) is 1. The molecule has 0 aliphatic carbocycles. The molecule has 0 saturated carbocycles. The number of rotatable bonds is 1. The largest absolute Gasteiger partial charge is 0.396 e. The Bertz CT molecular complexity index is 124. The Morgan fingerprint density at radius 2 is 2.56 bits per heavy atom. The minimum atomic E-state index is -0.116. The second kappa shape index (κ2) is 2.35. The third kappa shape index (κ3) is 1.05. The Kier molecular flexibility index (Phi) is 1.71. The second-order valence-corrected chi connectivity index (χ2v) is 2.43. The normalized spacial score (nSPS) is 27.6. The van der Waals surface area contributed by atoms with Crippen molar-refractivity contribution in [1.82, 2.24) is 4.90 Å². The summed E-state index contributed by atoms with van der Waals surface area (Å²) in [4.78, 5) is 12.6. The zero-order valence-electron chi connectivity index (χ0n) is 5.50. The molecule has 3 nitrogen and oxygen atoms in total. The highest BCUT2D eigenvalue weighted by Crippen LogP contribution is 2.14. The molecule has 0 bridgehead atoms. The molecule has 52 valence electrons. The molecule has 0 radical (unpaired) electrons. The molecule has 0 unspecified atom stereocenters. The van der Waals surface area contributed by atoms with Crippen LogP contribution in [0, 0.1) is 5.92 Å². The van der Waals surface area contributed by atoms with Crippen LogP contribution in [-0.2, 0) is 4.79 Å². The molecule has 1 fully saturated rings. The summed E-state index contributed by atoms with van der Waals surface area (Å²) in [7, 11) is 1.76. The number of hydrogen-bond acceptors (Lipinski definition) is 2. The summed E-state index contributed by atoms with van der Waals surface area (Å²) in [5, 5.41) is 8.61. The molecule has 1 amide bonds. The number of carbonyl (C=O) groups excluding carboxylic acids is 1. The van der Waals surface area contributed by atoms with Gasteiger partial charge in [-0.05, 0) is 6.42 Å². The van der Waals surface area contributed by atoms with Gasteiger partial charge in [0, 0.05) is 13.6 Å². The van der Waals surface area contributed by atoms with Crippen LogP contribution in [0.4, 0.5) is 0 Å². The number of aliphatic hydroxyl groups excluding tert-OH is 1. The van der Waals surface area contributed by atoms with Crippen molar-refractivity contribution in [1.29, 1.82) is 0 Å². The number of amides is 1. The van der Waals surface area contributed by atoms with Crippen molar-refractivity contribution in [2.45, 2.75) is 6.42 Å². The molecule has 1 atom stereocenters. The van der Waals surface area contributed by atoms with Crippen molar-refractivity contribution < 1.29 is 9.90 Å². The predicted molar refractivity (Wildman–Crippen MR) is 32.8 cm³/mol. The molecule has 1 heterocycles. The fraction of sp³-hybridized carbons (Fsp3) is 0.833. The maximum Gasteiger partial charge on any atom is 0.227 e. The molecule has 1 saturated heterocycles. The van der Waals surface area contributed by atoms with Crippen LogP contribution in [0.2, 0.25) is 0 Å². The van der Waals surface area contributed by atoms with Gasteiger partial charge in [0.1, 0.15) is 0 Å². The molecular weight excluding hydrogens is 118 g/mol. The lowest BCUT2D eigenvalue weighted by molar-refractivity contribution is -0.130. The van der Waals surface area contributed by atoms with Crippen molar-refractivity contribution in [2.75, 3.05) is 20.2 Å². The summed E-state index contributed by atoms with van der Waals surface area (Å²) in [6.07, 6.45) is 0.811. The average molecular weight is 129 g/mol. The molecule has 1 aliphatic rings. The molecule has 1 N–H and O–H groups in total. The summed E-state index contributed by atoms with van der Waals surface area (Å²) < 4.78 is 0. The van der Waals surface area contributed by atoms with E-state index in [1.165, 1.54) is 0 Å². The van der Waals surface area contributed by atoms with E-state index in [0.29, 0.717) is 0 Å². The molecule has 0 aromatic heterocycles. The van der Waals surface area contributed by atoms with Crippen LogP contribution < -0.4 is 0 Å². The van der Waals surface area contributed by atoms with Gasteiger partial charge in [-0.25, -0.2) is 0 Å². The highest BCUT2D eigenvalue weighted by molar-refractivity contribution is 5.80. The molecule has 3 heteroatoms. The zero-order chi connectivity index (χ0) is 6.85. The maximum atomic E-state index is 10.9. The highest BCUT2D eigenvalue weighted by atomic mass is 16.3. The summed E-state index contributed by atoms with van der Waals surface area (Å²) in [6.45, 7) is 0.799. The van der Waals surface area contributed by atoms with Crippen LogP contribution in [0.1, 0.15) is 6.42 Å². The third-order valence-corrected chi connectivity index (χ3v) is 1.76. The van der Waals surface area contributed by atoms with E-state index in [1.807, 2.05) is 0 Å². The van der Waals surface area contributed by atoms with Crippen LogP contribution in [0.3, 0.4) is 0 Å². The number of carbonyl (C=O) groups is 1. The second-order valence-electron chi connectivity index (χ2n) is 2.43. The number of aliphatic hydroxyl groups is 1. The van der Waals surface area contributed by atoms with Gasteiger partial charge in [0.15, 0.2) is 0 Å². The Hall–Kier alpha value is -0.570. The average Bonchev–Trinajstić information content (AvgIpc) is 2.15. The van der Waals surface area contributed by atoms with E-state index in [0.717, 1.165) is 13.0 Å². The standard InChI is InChI=1S/C6H11NO2/c1-7-3-2-5(4-8)6(7)9/h5,8H,2-4H2,1H3/t5-/m1/s1. The van der Waals surface area contributed by atoms with Gasteiger partial charge in [-0.2, -0.15) is 0 Å². The molecule has 1 aliphatic heterocycles. The van der Waals surface area contributed by atoms with Gasteiger partial charge >= 0.3 is 0 Å². The Balaban J connectivity index is 2.51. The van der Waals surface area contributed by atoms with Gasteiger partial charge < -0.3 is 10.0 Å². The zero-order valence-corrected chi connectivity index (χ0v) is 5.50. The first-order chi connectivity index (χ1) is 4.25. The molecule has 0 aromatic carbocycles. The van der Waals surface area contributed by atoms with Crippen LogP contribution in [0.5, 0.6) is 0 Å². The summed E-state index contributed by atoms with van der Waals surface area (Å²) in [5.74, 6) is -0.0347. The molecule has 0 aromatic rings. The maximum absolute atomic E-state index is 10.9. The molecular formula is C6H11NO2. The minimum Gasteiger partial charge on any atom is -0.396 e. The van der Waals surface area contributed by atoms with Gasteiger partial charge in [0.25, 0.3) is 0 Å². The third-order valence-electron chi connectivity index (χ3n) is 1.76. The van der Waals surface area contributed by atoms with E-state index in [1.54, 1.807) is 11.9 Å². The smallest absolute Gasteiger partial charge is 0.227 e. The highest BCUT2D eigenvalue weighted by Gasteiger charge is 2.27. The predicted octanol–water partition coefficient (Wildman–Crippen LogP) is -0.543. The van der Waals surface area contributed by atoms with Gasteiger partial charge in [-0.1, -0.05) is 0 Å². The van der Waals surface area contributed by atoms with Gasteiger partial charge in [-0.15, -0.1) is 0 Å². The fourth-order valence-corrected chi connectivity index (χ4v) is 1.06. The van der Waals surface area contributed by atoms with E-state index < -0.39 is 0 Å². The SMILES string of the molecule is CN1CC[C@H](CO)C1=O. The molecule has 0 spiro atoms. The van der Waals surface area contributed by atoms with Crippen LogP contribution >= 0.6 is 0 Å². The van der Waals surface area contributed by atoms with Crippen molar-refractivity contribution in [3.8, 4) is 0 Å². The minimum absolute atomic E-state index is 0.00315. The molecule has 1 rings (SSSR count).